The molecule has 0 saturated heterocycles. The third kappa shape index (κ3) is 3.72. The monoisotopic (exact) mass is 567 g/mol. The minimum atomic E-state index is 0.884. The summed E-state index contributed by atoms with van der Waals surface area (Å²) >= 11 is 1.85. The van der Waals surface area contributed by atoms with Crippen molar-refractivity contribution in [2.75, 3.05) is 4.90 Å². The smallest absolute Gasteiger partial charge is 0.159 e. The molecule has 0 N–H and O–H groups in total. The Hall–Kier alpha value is -5.38. The van der Waals surface area contributed by atoms with Crippen molar-refractivity contribution in [1.82, 2.24) is 0 Å². The molecule has 2 aromatic heterocycles. The molecular formula is C40H25NOS. The number of benzene rings is 7. The normalized spacial score (nSPS) is 11.7. The molecule has 0 fully saturated rings. The average Bonchev–Trinajstić information content (AvgIpc) is 3.65. The van der Waals surface area contributed by atoms with Crippen LogP contribution >= 0.6 is 11.3 Å². The Morgan fingerprint density at radius 2 is 1.19 bits per heavy atom. The van der Waals surface area contributed by atoms with E-state index in [0.717, 1.165) is 39.0 Å². The van der Waals surface area contributed by atoms with Crippen LogP contribution in [0.1, 0.15) is 0 Å². The number of nitrogens with zero attached hydrogens (tertiary/aromatic N) is 1. The molecule has 2 nitrogen and oxygen atoms in total. The van der Waals surface area contributed by atoms with Gasteiger partial charge in [0.05, 0.1) is 16.1 Å². The van der Waals surface area contributed by atoms with Gasteiger partial charge in [-0.3, -0.25) is 0 Å². The second kappa shape index (κ2) is 9.59. The van der Waals surface area contributed by atoms with Crippen molar-refractivity contribution in [2.24, 2.45) is 0 Å². The highest BCUT2D eigenvalue weighted by Gasteiger charge is 2.23. The van der Waals surface area contributed by atoms with E-state index >= 15 is 0 Å². The minimum absolute atomic E-state index is 0.884. The van der Waals surface area contributed by atoms with E-state index in [1.54, 1.807) is 0 Å². The maximum absolute atomic E-state index is 6.84. The lowest BCUT2D eigenvalue weighted by atomic mass is 9.94. The molecule has 9 aromatic rings. The Kier molecular flexibility index (Phi) is 5.40. The van der Waals surface area contributed by atoms with Gasteiger partial charge in [0, 0.05) is 37.3 Å². The van der Waals surface area contributed by atoms with Crippen molar-refractivity contribution in [3.05, 3.63) is 152 Å². The quantitative estimate of drug-likeness (QED) is 0.210. The zero-order valence-electron chi connectivity index (χ0n) is 23.2. The van der Waals surface area contributed by atoms with Crippen LogP contribution in [0, 0.1) is 0 Å². The van der Waals surface area contributed by atoms with Gasteiger partial charge in [-0.25, -0.2) is 0 Å². The molecule has 3 heteroatoms. The number of para-hydroxylation sites is 2. The molecule has 0 aliphatic rings. The van der Waals surface area contributed by atoms with E-state index in [4.69, 9.17) is 4.42 Å². The van der Waals surface area contributed by atoms with Crippen molar-refractivity contribution >= 4 is 81.3 Å². The van der Waals surface area contributed by atoms with Gasteiger partial charge < -0.3 is 9.32 Å². The van der Waals surface area contributed by atoms with Gasteiger partial charge in [-0.05, 0) is 52.9 Å². The average molecular weight is 568 g/mol. The van der Waals surface area contributed by atoms with Gasteiger partial charge in [0.25, 0.3) is 0 Å². The van der Waals surface area contributed by atoms with Gasteiger partial charge in [0.2, 0.25) is 0 Å². The van der Waals surface area contributed by atoms with Gasteiger partial charge in [0.1, 0.15) is 5.58 Å². The summed E-state index contributed by atoms with van der Waals surface area (Å²) in [4.78, 5) is 2.36. The Labute approximate surface area is 252 Å². The summed E-state index contributed by atoms with van der Waals surface area (Å²) in [6, 6.07) is 54.0. The zero-order chi connectivity index (χ0) is 28.3. The first-order valence-electron chi connectivity index (χ1n) is 14.5. The number of furan rings is 1. The Bertz CT molecular complexity index is 2460. The maximum Gasteiger partial charge on any atom is 0.159 e. The van der Waals surface area contributed by atoms with Crippen molar-refractivity contribution < 1.29 is 4.42 Å². The summed E-state index contributed by atoms with van der Waals surface area (Å²) in [6.45, 7) is 0. The Morgan fingerprint density at radius 1 is 0.488 bits per heavy atom. The van der Waals surface area contributed by atoms with E-state index in [9.17, 15) is 0 Å². The molecule has 7 aromatic carbocycles. The number of hydrogen-bond donors (Lipinski definition) is 0. The Balaban J connectivity index is 1.37. The number of rotatable bonds is 4. The van der Waals surface area contributed by atoms with Crippen LogP contribution in [0.3, 0.4) is 0 Å². The number of hydrogen-bond acceptors (Lipinski definition) is 3. The standard InChI is InChI=1S/C40H25NOS/c1-3-12-26(13-4-1)29-18-9-14-27-24-25-35-38(37(27)29)32-20-11-21-33(39(32)42-35)41(28-15-5-2-6-16-28)34-22-10-19-31-30-17-7-8-23-36(30)43-40(31)34/h1-25H. The van der Waals surface area contributed by atoms with E-state index in [0.29, 0.717) is 0 Å². The molecule has 43 heavy (non-hydrogen) atoms. The molecule has 0 saturated carbocycles. The van der Waals surface area contributed by atoms with Crippen molar-refractivity contribution in [3.8, 4) is 11.1 Å². The second-order valence-corrected chi connectivity index (χ2v) is 11.9. The summed E-state index contributed by atoms with van der Waals surface area (Å²) in [7, 11) is 0. The molecule has 2 heterocycles. The first-order chi connectivity index (χ1) is 21.3. The van der Waals surface area contributed by atoms with Gasteiger partial charge in [0.15, 0.2) is 5.58 Å². The minimum Gasteiger partial charge on any atom is -0.454 e. The summed E-state index contributed by atoms with van der Waals surface area (Å²) < 4.78 is 9.39. The molecule has 0 atom stereocenters. The van der Waals surface area contributed by atoms with Gasteiger partial charge in [-0.2, -0.15) is 0 Å². The van der Waals surface area contributed by atoms with E-state index in [-0.39, 0.29) is 0 Å². The largest absolute Gasteiger partial charge is 0.454 e. The van der Waals surface area contributed by atoms with Crippen LogP contribution in [-0.2, 0) is 0 Å². The molecule has 0 unspecified atom stereocenters. The number of thiophene rings is 1. The van der Waals surface area contributed by atoms with Gasteiger partial charge in [-0.1, -0.05) is 115 Å². The SMILES string of the molecule is c1ccc(-c2cccc3ccc4oc5c(N(c6ccccc6)c6cccc7c6sc6ccccc67)cccc5c4c23)cc1. The molecular weight excluding hydrogens is 543 g/mol. The van der Waals surface area contributed by atoms with E-state index < -0.39 is 0 Å². The van der Waals surface area contributed by atoms with Crippen LogP contribution in [-0.4, -0.2) is 0 Å². The van der Waals surface area contributed by atoms with Crippen LogP contribution in [0.4, 0.5) is 17.1 Å². The van der Waals surface area contributed by atoms with Crippen molar-refractivity contribution in [1.29, 1.82) is 0 Å². The summed E-state index contributed by atoms with van der Waals surface area (Å²) in [5.41, 5.74) is 7.46. The summed E-state index contributed by atoms with van der Waals surface area (Å²) in [5.74, 6) is 0. The van der Waals surface area contributed by atoms with E-state index in [1.165, 1.54) is 42.1 Å². The molecule has 0 bridgehead atoms. The lowest BCUT2D eigenvalue weighted by molar-refractivity contribution is 0.669. The molecule has 0 aliphatic heterocycles. The van der Waals surface area contributed by atoms with E-state index in [2.05, 4.69) is 157 Å². The fourth-order valence-electron chi connectivity index (χ4n) is 6.58. The molecule has 0 spiro atoms. The van der Waals surface area contributed by atoms with Crippen LogP contribution in [0.15, 0.2) is 156 Å². The lowest BCUT2D eigenvalue weighted by Gasteiger charge is -2.26. The Morgan fingerprint density at radius 3 is 2.05 bits per heavy atom. The van der Waals surface area contributed by atoms with Gasteiger partial charge in [-0.15, -0.1) is 11.3 Å². The predicted molar refractivity (Wildman–Crippen MR) is 184 cm³/mol. The highest BCUT2D eigenvalue weighted by molar-refractivity contribution is 7.26. The third-order valence-electron chi connectivity index (χ3n) is 8.45. The van der Waals surface area contributed by atoms with Crippen LogP contribution < -0.4 is 4.90 Å². The topological polar surface area (TPSA) is 16.4 Å². The summed E-state index contributed by atoms with van der Waals surface area (Å²) in [5, 5.41) is 7.26. The van der Waals surface area contributed by atoms with Crippen molar-refractivity contribution in [2.45, 2.75) is 0 Å². The predicted octanol–water partition coefficient (Wildman–Crippen LogP) is 12.2. The molecule has 9 rings (SSSR count). The van der Waals surface area contributed by atoms with Gasteiger partial charge >= 0.3 is 0 Å². The lowest BCUT2D eigenvalue weighted by Crippen LogP contribution is -2.10. The highest BCUT2D eigenvalue weighted by Crippen LogP contribution is 2.48. The molecule has 0 amide bonds. The fourth-order valence-corrected chi connectivity index (χ4v) is 7.79. The maximum atomic E-state index is 6.84. The highest BCUT2D eigenvalue weighted by atomic mass is 32.1. The number of fused-ring (bicyclic) bond motifs is 8. The molecule has 202 valence electrons. The molecule has 0 radical (unpaired) electrons. The molecule has 0 aliphatic carbocycles. The van der Waals surface area contributed by atoms with Crippen molar-refractivity contribution in [3.63, 3.8) is 0 Å². The second-order valence-electron chi connectivity index (χ2n) is 10.9. The van der Waals surface area contributed by atoms with Crippen LogP contribution in [0.2, 0.25) is 0 Å². The first-order valence-corrected chi connectivity index (χ1v) is 15.3. The van der Waals surface area contributed by atoms with Crippen LogP contribution in [0.5, 0.6) is 0 Å². The zero-order valence-corrected chi connectivity index (χ0v) is 24.0. The first kappa shape index (κ1) is 24.2. The summed E-state index contributed by atoms with van der Waals surface area (Å²) in [6.07, 6.45) is 0. The van der Waals surface area contributed by atoms with E-state index in [1.807, 2.05) is 11.3 Å². The number of anilines is 3. The van der Waals surface area contributed by atoms with Crippen LogP contribution in [0.25, 0.3) is 64.0 Å². The third-order valence-corrected chi connectivity index (χ3v) is 9.66. The fraction of sp³-hybridized carbons (Fsp3) is 0.